The van der Waals surface area contributed by atoms with Gasteiger partial charge < -0.3 is 10.1 Å². The van der Waals surface area contributed by atoms with E-state index in [0.717, 1.165) is 0 Å². The topological polar surface area (TPSA) is 45.7 Å². The summed E-state index contributed by atoms with van der Waals surface area (Å²) in [5.74, 6) is 0.0749. The van der Waals surface area contributed by atoms with E-state index in [1.807, 2.05) is 0 Å². The van der Waals surface area contributed by atoms with Crippen molar-refractivity contribution in [3.8, 4) is 5.75 Å². The largest absolute Gasteiger partial charge is 0.434 e. The zero-order valence-corrected chi connectivity index (χ0v) is 10.7. The molecule has 0 bridgehead atoms. The van der Waals surface area contributed by atoms with Crippen molar-refractivity contribution in [1.82, 2.24) is 10.7 Å². The highest BCUT2D eigenvalue weighted by Gasteiger charge is 2.10. The van der Waals surface area contributed by atoms with Gasteiger partial charge in [-0.1, -0.05) is 12.1 Å². The van der Waals surface area contributed by atoms with E-state index in [4.69, 9.17) is 12.2 Å². The normalized spacial score (nSPS) is 11.3. The Morgan fingerprint density at radius 3 is 2.67 bits per heavy atom. The number of alkyl halides is 2. The van der Waals surface area contributed by atoms with Crippen molar-refractivity contribution in [2.75, 3.05) is 7.05 Å². The fourth-order valence-corrected chi connectivity index (χ4v) is 1.26. The van der Waals surface area contributed by atoms with Gasteiger partial charge in [0, 0.05) is 12.6 Å². The SMILES string of the molecule is CNC(=S)NN=C(C)c1ccccc1OC(F)F. The maximum atomic E-state index is 12.2. The summed E-state index contributed by atoms with van der Waals surface area (Å²) in [6.07, 6.45) is 0. The summed E-state index contributed by atoms with van der Waals surface area (Å²) in [6, 6.07) is 6.42. The van der Waals surface area contributed by atoms with E-state index >= 15 is 0 Å². The van der Waals surface area contributed by atoms with E-state index in [1.54, 1.807) is 32.2 Å². The van der Waals surface area contributed by atoms with Crippen LogP contribution < -0.4 is 15.5 Å². The van der Waals surface area contributed by atoms with Crippen molar-refractivity contribution >= 4 is 23.0 Å². The van der Waals surface area contributed by atoms with Crippen LogP contribution in [0.4, 0.5) is 8.78 Å². The first-order valence-electron chi connectivity index (χ1n) is 5.10. The van der Waals surface area contributed by atoms with E-state index in [1.165, 1.54) is 6.07 Å². The Labute approximate surface area is 109 Å². The van der Waals surface area contributed by atoms with Crippen LogP contribution >= 0.6 is 12.2 Å². The Morgan fingerprint density at radius 2 is 2.06 bits per heavy atom. The Kier molecular flexibility index (Phi) is 5.44. The number of halogens is 2. The first-order valence-corrected chi connectivity index (χ1v) is 5.51. The maximum absolute atomic E-state index is 12.2. The lowest BCUT2D eigenvalue weighted by Gasteiger charge is -2.10. The first kappa shape index (κ1) is 14.3. The van der Waals surface area contributed by atoms with Crippen LogP contribution in [0.5, 0.6) is 5.75 Å². The zero-order valence-electron chi connectivity index (χ0n) is 9.91. The van der Waals surface area contributed by atoms with Crippen molar-refractivity contribution < 1.29 is 13.5 Å². The van der Waals surface area contributed by atoms with Crippen LogP contribution in [0.15, 0.2) is 29.4 Å². The van der Waals surface area contributed by atoms with Gasteiger partial charge in [0.15, 0.2) is 5.11 Å². The molecule has 0 saturated heterocycles. The molecule has 1 rings (SSSR count). The first-order chi connectivity index (χ1) is 8.54. The zero-order chi connectivity index (χ0) is 13.5. The minimum atomic E-state index is -2.87. The van der Waals surface area contributed by atoms with Crippen LogP contribution in [0, 0.1) is 0 Å². The molecule has 1 aromatic rings. The van der Waals surface area contributed by atoms with Gasteiger partial charge in [-0.15, -0.1) is 0 Å². The molecule has 0 aliphatic rings. The van der Waals surface area contributed by atoms with Crippen molar-refractivity contribution in [2.24, 2.45) is 5.10 Å². The number of hydrogen-bond donors (Lipinski definition) is 2. The molecule has 0 radical (unpaired) electrons. The van der Waals surface area contributed by atoms with E-state index in [2.05, 4.69) is 20.6 Å². The van der Waals surface area contributed by atoms with Gasteiger partial charge in [0.05, 0.1) is 5.71 Å². The second kappa shape index (κ2) is 6.85. The second-order valence-electron chi connectivity index (χ2n) is 3.26. The van der Waals surface area contributed by atoms with E-state index in [0.29, 0.717) is 16.4 Å². The third-order valence-electron chi connectivity index (χ3n) is 2.05. The molecule has 0 aromatic heterocycles. The van der Waals surface area contributed by atoms with Gasteiger partial charge in [-0.2, -0.15) is 13.9 Å². The molecule has 0 aliphatic carbocycles. The van der Waals surface area contributed by atoms with Gasteiger partial charge >= 0.3 is 6.61 Å². The number of para-hydroxylation sites is 1. The molecule has 4 nitrogen and oxygen atoms in total. The van der Waals surface area contributed by atoms with Gasteiger partial charge in [-0.3, -0.25) is 5.43 Å². The number of hydrogen-bond acceptors (Lipinski definition) is 3. The van der Waals surface area contributed by atoms with E-state index in [-0.39, 0.29) is 5.75 Å². The second-order valence-corrected chi connectivity index (χ2v) is 3.67. The number of hydrazone groups is 1. The molecule has 0 heterocycles. The summed E-state index contributed by atoms with van der Waals surface area (Å²) in [4.78, 5) is 0. The molecule has 0 atom stereocenters. The Bertz CT molecular complexity index is 452. The summed E-state index contributed by atoms with van der Waals surface area (Å²) in [5, 5.41) is 6.99. The fraction of sp³-hybridized carbons (Fsp3) is 0.273. The third kappa shape index (κ3) is 4.25. The van der Waals surface area contributed by atoms with Gasteiger partial charge in [0.25, 0.3) is 0 Å². The molecule has 0 amide bonds. The van der Waals surface area contributed by atoms with Crippen LogP contribution in [0.2, 0.25) is 0 Å². The van der Waals surface area contributed by atoms with E-state index in [9.17, 15) is 8.78 Å². The number of benzene rings is 1. The van der Waals surface area contributed by atoms with E-state index < -0.39 is 6.61 Å². The molecule has 0 fully saturated rings. The molecule has 2 N–H and O–H groups in total. The molecule has 0 unspecified atom stereocenters. The average molecular weight is 273 g/mol. The number of nitrogens with one attached hydrogen (secondary N) is 2. The Hall–Kier alpha value is -1.76. The molecule has 0 spiro atoms. The van der Waals surface area contributed by atoms with Crippen molar-refractivity contribution in [3.63, 3.8) is 0 Å². The highest BCUT2D eigenvalue weighted by atomic mass is 32.1. The number of ether oxygens (including phenoxy) is 1. The minimum absolute atomic E-state index is 0.0749. The predicted octanol–water partition coefficient (Wildman–Crippen LogP) is 2.11. The average Bonchev–Trinajstić information content (AvgIpc) is 2.35. The maximum Gasteiger partial charge on any atom is 0.387 e. The van der Waals surface area contributed by atoms with Crippen LogP contribution in [0.1, 0.15) is 12.5 Å². The van der Waals surface area contributed by atoms with Crippen LogP contribution in [-0.2, 0) is 0 Å². The highest BCUT2D eigenvalue weighted by molar-refractivity contribution is 7.80. The molecule has 1 aromatic carbocycles. The monoisotopic (exact) mass is 273 g/mol. The van der Waals surface area contributed by atoms with Crippen LogP contribution in [0.25, 0.3) is 0 Å². The number of nitrogens with zero attached hydrogens (tertiary/aromatic N) is 1. The Balaban J connectivity index is 2.90. The summed E-state index contributed by atoms with van der Waals surface area (Å²) < 4.78 is 28.9. The molecule has 18 heavy (non-hydrogen) atoms. The summed E-state index contributed by atoms with van der Waals surface area (Å²) in [6.45, 7) is -1.20. The molecule has 7 heteroatoms. The molecular formula is C11H13F2N3OS. The van der Waals surface area contributed by atoms with Gasteiger partial charge in [-0.05, 0) is 31.3 Å². The summed E-state index contributed by atoms with van der Waals surface area (Å²) >= 11 is 4.85. The van der Waals surface area contributed by atoms with Gasteiger partial charge in [-0.25, -0.2) is 0 Å². The number of thiocarbonyl (C=S) groups is 1. The highest BCUT2D eigenvalue weighted by Crippen LogP contribution is 2.20. The predicted molar refractivity (Wildman–Crippen MR) is 70.1 cm³/mol. The van der Waals surface area contributed by atoms with Crippen molar-refractivity contribution in [2.45, 2.75) is 13.5 Å². The summed E-state index contributed by atoms with van der Waals surface area (Å²) in [5.41, 5.74) is 3.54. The van der Waals surface area contributed by atoms with Crippen molar-refractivity contribution in [3.05, 3.63) is 29.8 Å². The molecule has 0 aliphatic heterocycles. The van der Waals surface area contributed by atoms with Crippen LogP contribution in [-0.4, -0.2) is 24.5 Å². The molecule has 98 valence electrons. The third-order valence-corrected chi connectivity index (χ3v) is 2.34. The minimum Gasteiger partial charge on any atom is -0.434 e. The number of rotatable bonds is 4. The standard InChI is InChI=1S/C11H13F2N3OS/c1-7(15-16-11(18)14-2)8-5-3-4-6-9(8)17-10(12)13/h3-6,10H,1-2H3,(H2,14,16,18). The lowest BCUT2D eigenvalue weighted by molar-refractivity contribution is -0.0499. The Morgan fingerprint density at radius 1 is 1.39 bits per heavy atom. The lowest BCUT2D eigenvalue weighted by Crippen LogP contribution is -2.29. The lowest BCUT2D eigenvalue weighted by atomic mass is 10.1. The van der Waals surface area contributed by atoms with Crippen LogP contribution in [0.3, 0.4) is 0 Å². The smallest absolute Gasteiger partial charge is 0.387 e. The van der Waals surface area contributed by atoms with Gasteiger partial charge in [0.2, 0.25) is 0 Å². The quantitative estimate of drug-likeness (QED) is 0.501. The summed E-state index contributed by atoms with van der Waals surface area (Å²) in [7, 11) is 1.65. The van der Waals surface area contributed by atoms with Crippen molar-refractivity contribution in [1.29, 1.82) is 0 Å². The van der Waals surface area contributed by atoms with Gasteiger partial charge in [0.1, 0.15) is 5.75 Å². The molecular weight excluding hydrogens is 260 g/mol. The fourth-order valence-electron chi connectivity index (χ4n) is 1.22. The molecule has 0 saturated carbocycles.